The van der Waals surface area contributed by atoms with Gasteiger partial charge in [-0.15, -0.1) is 5.54 Å². The molecule has 0 bridgehead atoms. The van der Waals surface area contributed by atoms with Gasteiger partial charge in [-0.2, -0.15) is 25.1 Å². The van der Waals surface area contributed by atoms with E-state index in [2.05, 4.69) is 53.9 Å². The molecule has 2 atom stereocenters. The smallest absolute Gasteiger partial charge is 0.669 e. The summed E-state index contributed by atoms with van der Waals surface area (Å²) < 4.78 is 0. The van der Waals surface area contributed by atoms with Gasteiger partial charge in [-0.05, 0) is 0 Å². The molecule has 1 saturated carbocycles. The number of nitrogens with zero attached hydrogens (tertiary/aromatic N) is 2. The summed E-state index contributed by atoms with van der Waals surface area (Å²) in [5.41, 5.74) is 1.66. The quantitative estimate of drug-likeness (QED) is 0.398. The third-order valence-corrected chi connectivity index (χ3v) is 12.0. The minimum Gasteiger partial charge on any atom is -0.669 e. The van der Waals surface area contributed by atoms with Crippen LogP contribution < -0.4 is 0 Å². The van der Waals surface area contributed by atoms with Gasteiger partial charge in [0, 0.05) is 0 Å². The minimum atomic E-state index is -1.53. The molecule has 1 aliphatic carbocycles. The van der Waals surface area contributed by atoms with Crippen molar-refractivity contribution in [3.8, 4) is 0 Å². The van der Waals surface area contributed by atoms with E-state index in [-0.39, 0.29) is 39.2 Å². The molecule has 2 nitrogen and oxygen atoms in total. The van der Waals surface area contributed by atoms with E-state index in [1.165, 1.54) is 12.8 Å². The van der Waals surface area contributed by atoms with Crippen molar-refractivity contribution < 1.29 is 26.2 Å². The van der Waals surface area contributed by atoms with Gasteiger partial charge in [-0.1, -0.05) is 76.3 Å². The first-order valence-electron chi connectivity index (χ1n) is 7.59. The molecule has 0 heterocycles. The van der Waals surface area contributed by atoms with Crippen LogP contribution in [0.1, 0.15) is 40.5 Å². The van der Waals surface area contributed by atoms with Gasteiger partial charge in [0.2, 0.25) is 0 Å². The Morgan fingerprint density at radius 3 is 1.67 bits per heavy atom. The van der Waals surface area contributed by atoms with Crippen LogP contribution in [0.3, 0.4) is 0 Å². The molecule has 2 unspecified atom stereocenters. The van der Waals surface area contributed by atoms with Crippen LogP contribution in [-0.2, 0) is 26.2 Å². The fourth-order valence-corrected chi connectivity index (χ4v) is 10.7. The Labute approximate surface area is 155 Å². The first kappa shape index (κ1) is 24.5. The van der Waals surface area contributed by atoms with E-state index in [1.807, 2.05) is 7.05 Å². The third-order valence-electron chi connectivity index (χ3n) is 4.75. The molecule has 0 aliphatic heterocycles. The summed E-state index contributed by atoms with van der Waals surface area (Å²) in [5, 5.41) is 0. The van der Waals surface area contributed by atoms with Gasteiger partial charge in [-0.25, -0.2) is 0 Å². The Kier molecular flexibility index (Phi) is 9.76. The maximum atomic E-state index is 5.22. The van der Waals surface area contributed by atoms with Gasteiger partial charge in [0.1, 0.15) is 0 Å². The van der Waals surface area contributed by atoms with E-state index in [0.717, 1.165) is 11.1 Å². The fourth-order valence-electron chi connectivity index (χ4n) is 3.95. The Hall–Kier alpha value is 1.24. The molecule has 0 radical (unpaired) electrons. The molecular weight excluding hydrogens is 368 g/mol. The molecule has 0 aromatic rings. The second-order valence-corrected chi connectivity index (χ2v) is 16.9. The summed E-state index contributed by atoms with van der Waals surface area (Å²) in [6.45, 7) is 18.9. The summed E-state index contributed by atoms with van der Waals surface area (Å²) in [5.74, 6) is 1.73. The van der Waals surface area contributed by atoms with E-state index in [4.69, 9.17) is 9.96 Å². The maximum Gasteiger partial charge on any atom is 4.00 e. The number of hydrogen-bond acceptors (Lipinski definition) is 0. The van der Waals surface area contributed by atoms with Crippen molar-refractivity contribution in [1.29, 1.82) is 0 Å². The van der Waals surface area contributed by atoms with E-state index in [0.29, 0.717) is 0 Å². The molecule has 0 N–H and O–H groups in total. The largest absolute Gasteiger partial charge is 4.00 e. The zero-order valence-electron chi connectivity index (χ0n) is 16.0. The van der Waals surface area contributed by atoms with Gasteiger partial charge in [0.05, 0.1) is 0 Å². The van der Waals surface area contributed by atoms with Gasteiger partial charge in [0.15, 0.2) is 0 Å². The average Bonchev–Trinajstić information content (AvgIpc) is 2.57. The standard InChI is InChI=1S/C15H33N2Si2.CH3.Zr/c1-12-13(18(6,7)16-5)10-11-14(12)19(8,9)17-15(2,3)4;;/h13-14H,10-11H2,1-9H3;1H3;/q-3;-1;+4. The third kappa shape index (κ3) is 6.33. The summed E-state index contributed by atoms with van der Waals surface area (Å²) in [6, 6.07) is 0. The van der Waals surface area contributed by atoms with Crippen LogP contribution in [0.5, 0.6) is 0 Å². The molecule has 0 amide bonds. The number of hydrogen-bond donors (Lipinski definition) is 0. The summed E-state index contributed by atoms with van der Waals surface area (Å²) >= 11 is 0. The topological polar surface area (TPSA) is 28.2 Å². The Balaban J connectivity index is 0. The molecular formula is C16H36N2Si2Zr. The van der Waals surface area contributed by atoms with Gasteiger partial charge >= 0.3 is 26.2 Å². The molecule has 122 valence electrons. The molecule has 1 fully saturated rings. The molecule has 0 aromatic heterocycles. The van der Waals surface area contributed by atoms with Crippen LogP contribution in [0.15, 0.2) is 0 Å². The second-order valence-electron chi connectivity index (χ2n) is 8.24. The SMILES string of the molecule is C[N-][Si](C)(C)C1CCC([Si](C)(C)[N-]C(C)(C)C)[C-]1C.[CH3-].[Zr+4]. The van der Waals surface area contributed by atoms with Crippen LogP contribution in [0.25, 0.3) is 9.96 Å². The summed E-state index contributed by atoms with van der Waals surface area (Å²) in [7, 11) is -0.929. The Bertz CT molecular complexity index is 314. The predicted molar refractivity (Wildman–Crippen MR) is 99.4 cm³/mol. The average molecular weight is 404 g/mol. The molecule has 0 saturated heterocycles. The van der Waals surface area contributed by atoms with Crippen LogP contribution in [0.2, 0.25) is 37.3 Å². The minimum absolute atomic E-state index is 0. The summed E-state index contributed by atoms with van der Waals surface area (Å²) in [4.78, 5) is 9.97. The van der Waals surface area contributed by atoms with Crippen molar-refractivity contribution in [2.75, 3.05) is 7.05 Å². The zero-order valence-corrected chi connectivity index (χ0v) is 20.4. The molecule has 21 heavy (non-hydrogen) atoms. The molecule has 0 spiro atoms. The molecule has 0 aromatic carbocycles. The molecule has 5 heteroatoms. The van der Waals surface area contributed by atoms with Crippen molar-refractivity contribution >= 4 is 16.5 Å². The monoisotopic (exact) mass is 402 g/mol. The normalized spacial score (nSPS) is 24.4. The zero-order chi connectivity index (χ0) is 15.1. The molecule has 1 rings (SSSR count). The van der Waals surface area contributed by atoms with Gasteiger partial charge in [-0.3, -0.25) is 0 Å². The summed E-state index contributed by atoms with van der Waals surface area (Å²) in [6.07, 6.45) is 2.70. The van der Waals surface area contributed by atoms with Crippen molar-refractivity contribution in [1.82, 2.24) is 0 Å². The fraction of sp³-hybridized carbons (Fsp3) is 0.875. The first-order chi connectivity index (χ1) is 8.41. The predicted octanol–water partition coefficient (Wildman–Crippen LogP) is 6.15. The van der Waals surface area contributed by atoms with Crippen LogP contribution in [0, 0.1) is 13.3 Å². The van der Waals surface area contributed by atoms with Crippen molar-refractivity contribution in [3.05, 3.63) is 23.3 Å². The Morgan fingerprint density at radius 2 is 1.33 bits per heavy atom. The van der Waals surface area contributed by atoms with E-state index < -0.39 is 16.5 Å². The number of rotatable bonds is 4. The maximum absolute atomic E-state index is 5.22. The van der Waals surface area contributed by atoms with Crippen LogP contribution in [0.4, 0.5) is 0 Å². The van der Waals surface area contributed by atoms with Crippen molar-refractivity contribution in [3.63, 3.8) is 0 Å². The van der Waals surface area contributed by atoms with Crippen LogP contribution in [-0.4, -0.2) is 29.1 Å². The van der Waals surface area contributed by atoms with E-state index in [1.54, 1.807) is 5.92 Å². The van der Waals surface area contributed by atoms with Gasteiger partial charge < -0.3 is 23.3 Å². The van der Waals surface area contributed by atoms with E-state index >= 15 is 0 Å². The van der Waals surface area contributed by atoms with Crippen molar-refractivity contribution in [2.45, 2.75) is 83.3 Å². The van der Waals surface area contributed by atoms with Crippen LogP contribution >= 0.6 is 0 Å². The van der Waals surface area contributed by atoms with E-state index in [9.17, 15) is 0 Å². The first-order valence-corrected chi connectivity index (χ1v) is 13.6. The van der Waals surface area contributed by atoms with Gasteiger partial charge in [0.25, 0.3) is 0 Å². The second kappa shape index (κ2) is 8.37. The Morgan fingerprint density at radius 1 is 0.952 bits per heavy atom. The van der Waals surface area contributed by atoms with Crippen molar-refractivity contribution in [2.24, 2.45) is 0 Å². The molecule has 1 aliphatic rings.